The standard InChI is InChI=1S/C20H17ClN4O2S2/c21-11-5-7-12(8-6-11)25-19(27)15(17(26)24-20(25)28)10-23-18-14(9-22)13-3-1-2-4-16(13)29-18/h5-8,10,14-15,18H,1-4H2,(H,24,26,28)/t14-,15+,18-/m1/s1. The Morgan fingerprint density at radius 3 is 2.72 bits per heavy atom. The van der Waals surface area contributed by atoms with Crippen LogP contribution in [0.25, 0.3) is 0 Å². The molecule has 0 saturated carbocycles. The van der Waals surface area contributed by atoms with Crippen molar-refractivity contribution in [3.05, 3.63) is 39.8 Å². The molecular formula is C20H17ClN4O2S2. The number of hydrogen-bond donors (Lipinski definition) is 1. The molecule has 1 fully saturated rings. The van der Waals surface area contributed by atoms with Gasteiger partial charge in [-0.25, -0.2) is 0 Å². The minimum atomic E-state index is -1.10. The highest BCUT2D eigenvalue weighted by atomic mass is 35.5. The molecule has 29 heavy (non-hydrogen) atoms. The molecule has 0 radical (unpaired) electrons. The number of thioether (sulfide) groups is 1. The third-order valence-electron chi connectivity index (χ3n) is 5.19. The summed E-state index contributed by atoms with van der Waals surface area (Å²) in [5.74, 6) is -2.39. The molecule has 3 atom stereocenters. The van der Waals surface area contributed by atoms with Crippen molar-refractivity contribution in [1.82, 2.24) is 5.32 Å². The van der Waals surface area contributed by atoms with Crippen LogP contribution in [0.5, 0.6) is 0 Å². The van der Waals surface area contributed by atoms with Gasteiger partial charge in [0.2, 0.25) is 5.91 Å². The summed E-state index contributed by atoms with van der Waals surface area (Å²) >= 11 is 12.7. The van der Waals surface area contributed by atoms with Crippen molar-refractivity contribution < 1.29 is 9.59 Å². The predicted octanol–water partition coefficient (Wildman–Crippen LogP) is 3.82. The zero-order valence-corrected chi connectivity index (χ0v) is 17.7. The third-order valence-corrected chi connectivity index (χ3v) is 7.11. The van der Waals surface area contributed by atoms with Crippen LogP contribution in [0, 0.1) is 23.2 Å². The first-order valence-corrected chi connectivity index (χ1v) is 10.9. The summed E-state index contributed by atoms with van der Waals surface area (Å²) in [4.78, 5) is 32.4. The van der Waals surface area contributed by atoms with Gasteiger partial charge in [0.05, 0.1) is 11.8 Å². The topological polar surface area (TPSA) is 85.6 Å². The lowest BCUT2D eigenvalue weighted by Gasteiger charge is -2.31. The first-order valence-electron chi connectivity index (χ1n) is 9.25. The number of nitriles is 1. The number of rotatable bonds is 3. The largest absolute Gasteiger partial charge is 0.301 e. The van der Waals surface area contributed by atoms with E-state index in [1.54, 1.807) is 36.0 Å². The minimum Gasteiger partial charge on any atom is -0.301 e. The number of carbonyl (C=O) groups excluding carboxylic acids is 2. The molecule has 1 aromatic carbocycles. The smallest absolute Gasteiger partial charge is 0.251 e. The second-order valence-electron chi connectivity index (χ2n) is 6.99. The number of nitrogens with one attached hydrogen (secondary N) is 1. The van der Waals surface area contributed by atoms with Gasteiger partial charge >= 0.3 is 0 Å². The summed E-state index contributed by atoms with van der Waals surface area (Å²) in [7, 11) is 0. The van der Waals surface area contributed by atoms with Gasteiger partial charge in [-0.1, -0.05) is 11.6 Å². The maximum absolute atomic E-state index is 13.0. The van der Waals surface area contributed by atoms with Gasteiger partial charge in [-0.2, -0.15) is 5.26 Å². The van der Waals surface area contributed by atoms with Gasteiger partial charge in [0.15, 0.2) is 11.0 Å². The molecule has 2 heterocycles. The van der Waals surface area contributed by atoms with Crippen molar-refractivity contribution in [3.8, 4) is 6.07 Å². The van der Waals surface area contributed by atoms with Crippen molar-refractivity contribution in [3.63, 3.8) is 0 Å². The van der Waals surface area contributed by atoms with Gasteiger partial charge in [0.25, 0.3) is 5.91 Å². The average Bonchev–Trinajstić information content (AvgIpc) is 3.06. The van der Waals surface area contributed by atoms with Gasteiger partial charge in [0, 0.05) is 11.2 Å². The van der Waals surface area contributed by atoms with E-state index in [0.29, 0.717) is 10.7 Å². The molecular weight excluding hydrogens is 428 g/mol. The highest BCUT2D eigenvalue weighted by Crippen LogP contribution is 2.48. The molecule has 1 aromatic rings. The quantitative estimate of drug-likeness (QED) is 0.435. The van der Waals surface area contributed by atoms with E-state index in [0.717, 1.165) is 25.7 Å². The number of anilines is 1. The van der Waals surface area contributed by atoms with Crippen LogP contribution in [0.15, 0.2) is 39.7 Å². The number of halogens is 1. The maximum atomic E-state index is 13.0. The fourth-order valence-corrected chi connectivity index (χ4v) is 5.58. The summed E-state index contributed by atoms with van der Waals surface area (Å²) in [6, 6.07) is 8.97. The van der Waals surface area contributed by atoms with Crippen LogP contribution in [-0.4, -0.2) is 28.5 Å². The molecule has 9 heteroatoms. The predicted molar refractivity (Wildman–Crippen MR) is 118 cm³/mol. The first-order chi connectivity index (χ1) is 14.0. The van der Waals surface area contributed by atoms with E-state index >= 15 is 0 Å². The van der Waals surface area contributed by atoms with Crippen LogP contribution in [0.1, 0.15) is 25.7 Å². The minimum absolute atomic E-state index is 0.0224. The molecule has 0 unspecified atom stereocenters. The lowest BCUT2D eigenvalue weighted by Crippen LogP contribution is -2.58. The maximum Gasteiger partial charge on any atom is 0.251 e. The third kappa shape index (κ3) is 3.82. The highest BCUT2D eigenvalue weighted by molar-refractivity contribution is 8.04. The zero-order valence-electron chi connectivity index (χ0n) is 15.3. The zero-order chi connectivity index (χ0) is 20.5. The molecule has 2 aliphatic heterocycles. The Morgan fingerprint density at radius 2 is 2.00 bits per heavy atom. The van der Waals surface area contributed by atoms with Crippen LogP contribution < -0.4 is 10.2 Å². The summed E-state index contributed by atoms with van der Waals surface area (Å²) in [5.41, 5.74) is 1.69. The summed E-state index contributed by atoms with van der Waals surface area (Å²) in [5, 5.41) is 12.4. The van der Waals surface area contributed by atoms with Crippen molar-refractivity contribution in [2.45, 2.75) is 31.1 Å². The van der Waals surface area contributed by atoms with E-state index in [9.17, 15) is 14.9 Å². The fraction of sp³-hybridized carbons (Fsp3) is 0.350. The molecule has 0 spiro atoms. The summed E-state index contributed by atoms with van der Waals surface area (Å²) in [6.07, 6.45) is 5.48. The van der Waals surface area contributed by atoms with Crippen LogP contribution in [0.2, 0.25) is 5.02 Å². The number of carbonyl (C=O) groups is 2. The van der Waals surface area contributed by atoms with E-state index < -0.39 is 17.7 Å². The van der Waals surface area contributed by atoms with Crippen LogP contribution in [0.4, 0.5) is 5.69 Å². The molecule has 2 amide bonds. The molecule has 3 aliphatic rings. The molecule has 0 aromatic heterocycles. The fourth-order valence-electron chi connectivity index (χ4n) is 3.74. The normalized spacial score (nSPS) is 27.2. The van der Waals surface area contributed by atoms with E-state index in [-0.39, 0.29) is 16.4 Å². The van der Waals surface area contributed by atoms with E-state index in [1.165, 1.54) is 21.6 Å². The Kier molecular flexibility index (Phi) is 5.72. The number of nitrogens with zero attached hydrogens (tertiary/aromatic N) is 3. The van der Waals surface area contributed by atoms with Crippen molar-refractivity contribution >= 4 is 64.4 Å². The summed E-state index contributed by atoms with van der Waals surface area (Å²) < 4.78 is 0. The number of allylic oxidation sites excluding steroid dienone is 1. The van der Waals surface area contributed by atoms with Gasteiger partial charge in [0.1, 0.15) is 11.3 Å². The van der Waals surface area contributed by atoms with Gasteiger partial charge < -0.3 is 5.32 Å². The number of amides is 2. The van der Waals surface area contributed by atoms with Gasteiger partial charge in [-0.15, -0.1) is 11.8 Å². The molecule has 148 valence electrons. The Hall–Kier alpha value is -2.21. The molecule has 4 rings (SSSR count). The second-order valence-corrected chi connectivity index (χ2v) is 9.03. The number of benzene rings is 1. The van der Waals surface area contributed by atoms with Gasteiger partial charge in [-0.3, -0.25) is 19.5 Å². The Morgan fingerprint density at radius 1 is 1.28 bits per heavy atom. The lowest BCUT2D eigenvalue weighted by molar-refractivity contribution is -0.130. The van der Waals surface area contributed by atoms with E-state index in [1.807, 2.05) is 0 Å². The number of hydrogen-bond acceptors (Lipinski definition) is 6. The molecule has 0 bridgehead atoms. The first kappa shape index (κ1) is 20.1. The highest BCUT2D eigenvalue weighted by Gasteiger charge is 2.40. The van der Waals surface area contributed by atoms with Gasteiger partial charge in [-0.05, 0) is 72.6 Å². The van der Waals surface area contributed by atoms with Crippen LogP contribution in [0.3, 0.4) is 0 Å². The molecule has 6 nitrogen and oxygen atoms in total. The van der Waals surface area contributed by atoms with Crippen molar-refractivity contribution in [2.24, 2.45) is 16.8 Å². The Bertz CT molecular complexity index is 983. The van der Waals surface area contributed by atoms with Crippen molar-refractivity contribution in [1.29, 1.82) is 5.26 Å². The average molecular weight is 445 g/mol. The lowest BCUT2D eigenvalue weighted by atomic mass is 9.90. The number of aliphatic imine (C=N–C) groups is 1. The molecule has 1 saturated heterocycles. The van der Waals surface area contributed by atoms with Crippen molar-refractivity contribution in [2.75, 3.05) is 4.90 Å². The Balaban J connectivity index is 1.55. The SMILES string of the molecule is N#C[C@@H]1C2=C(CCCC2)S[C@H]1N=C[C@H]1C(=O)NC(=S)N(c2ccc(Cl)cc2)C1=O. The second kappa shape index (κ2) is 8.27. The monoisotopic (exact) mass is 444 g/mol. The van der Waals surface area contributed by atoms with E-state index in [2.05, 4.69) is 16.4 Å². The number of thiocarbonyl (C=S) groups is 1. The van der Waals surface area contributed by atoms with Crippen LogP contribution >= 0.6 is 35.6 Å². The van der Waals surface area contributed by atoms with Crippen LogP contribution in [-0.2, 0) is 9.59 Å². The van der Waals surface area contributed by atoms with E-state index in [4.69, 9.17) is 23.8 Å². The Labute approximate surface area is 183 Å². The molecule has 1 N–H and O–H groups in total. The summed E-state index contributed by atoms with van der Waals surface area (Å²) in [6.45, 7) is 0. The molecule has 1 aliphatic carbocycles.